The lowest BCUT2D eigenvalue weighted by molar-refractivity contribution is 0.354. The molecule has 3 aromatic rings. The van der Waals surface area contributed by atoms with E-state index in [1.807, 2.05) is 18.2 Å². The Hall–Kier alpha value is -2.58. The van der Waals surface area contributed by atoms with E-state index in [0.29, 0.717) is 28.9 Å². The summed E-state index contributed by atoms with van der Waals surface area (Å²) < 4.78 is 14.5. The highest BCUT2D eigenvalue weighted by Crippen LogP contribution is 2.28. The van der Waals surface area contributed by atoms with Crippen LogP contribution >= 0.6 is 15.9 Å². The highest BCUT2D eigenvalue weighted by Gasteiger charge is 2.23. The van der Waals surface area contributed by atoms with E-state index in [1.54, 1.807) is 37.0 Å². The number of hydrogen-bond acceptors (Lipinski definition) is 5. The number of rotatable bonds is 5. The summed E-state index contributed by atoms with van der Waals surface area (Å²) in [5.41, 5.74) is 0.851. The maximum Gasteiger partial charge on any atom is 0.332 e. The Morgan fingerprint density at radius 2 is 1.90 bits per heavy atom. The maximum atomic E-state index is 13.4. The molecule has 2 aromatic carbocycles. The fourth-order valence-electron chi connectivity index (χ4n) is 3.87. The van der Waals surface area contributed by atoms with Crippen LogP contribution in [-0.4, -0.2) is 36.4 Å². The smallest absolute Gasteiger partial charge is 0.332 e. The van der Waals surface area contributed by atoms with Crippen molar-refractivity contribution in [1.82, 2.24) is 14.5 Å². The first-order chi connectivity index (χ1) is 14.0. The van der Waals surface area contributed by atoms with Gasteiger partial charge in [0.2, 0.25) is 0 Å². The van der Waals surface area contributed by atoms with Crippen LogP contribution in [0.5, 0.6) is 11.5 Å². The minimum atomic E-state index is -0.303. The second-order valence-corrected chi connectivity index (χ2v) is 7.96. The van der Waals surface area contributed by atoms with Crippen molar-refractivity contribution < 1.29 is 9.47 Å². The summed E-state index contributed by atoms with van der Waals surface area (Å²) in [6.07, 6.45) is 0.847. The van der Waals surface area contributed by atoms with Gasteiger partial charge in [-0.05, 0) is 48.9 Å². The zero-order valence-corrected chi connectivity index (χ0v) is 17.9. The Labute approximate surface area is 176 Å². The first-order valence-corrected chi connectivity index (χ1v) is 10.2. The van der Waals surface area contributed by atoms with Crippen LogP contribution in [0.15, 0.2) is 50.5 Å². The standard InChI is InChI=1S/C21H22BrN3O4/c1-28-18-6-3-13(9-19(18)29-2)12-24-20(26)16-10-14(22)4-5-17(16)25(21(24)27)15-7-8-23-11-15/h3-6,9-10,15,23H,7-8,11-12H2,1-2H3. The summed E-state index contributed by atoms with van der Waals surface area (Å²) in [7, 11) is 3.12. The Bertz CT molecular complexity index is 1180. The number of methoxy groups -OCH3 is 2. The Morgan fingerprint density at radius 1 is 1.10 bits per heavy atom. The van der Waals surface area contributed by atoms with Gasteiger partial charge >= 0.3 is 5.69 Å². The molecule has 4 rings (SSSR count). The van der Waals surface area contributed by atoms with Crippen molar-refractivity contribution in [2.24, 2.45) is 0 Å². The highest BCUT2D eigenvalue weighted by atomic mass is 79.9. The maximum absolute atomic E-state index is 13.4. The topological polar surface area (TPSA) is 74.5 Å². The average molecular weight is 460 g/mol. The highest BCUT2D eigenvalue weighted by molar-refractivity contribution is 9.10. The van der Waals surface area contributed by atoms with Crippen LogP contribution in [0.4, 0.5) is 0 Å². The molecule has 0 spiro atoms. The molecule has 0 aliphatic carbocycles. The Balaban J connectivity index is 1.90. The van der Waals surface area contributed by atoms with Gasteiger partial charge in [-0.3, -0.25) is 13.9 Å². The lowest BCUT2D eigenvalue weighted by Gasteiger charge is -2.19. The van der Waals surface area contributed by atoms with Crippen molar-refractivity contribution in [1.29, 1.82) is 0 Å². The second-order valence-electron chi connectivity index (χ2n) is 7.04. The van der Waals surface area contributed by atoms with Crippen molar-refractivity contribution in [3.8, 4) is 11.5 Å². The van der Waals surface area contributed by atoms with Gasteiger partial charge in [0.25, 0.3) is 5.56 Å². The summed E-state index contributed by atoms with van der Waals surface area (Å²) in [6, 6.07) is 10.9. The van der Waals surface area contributed by atoms with Gasteiger partial charge in [0, 0.05) is 11.0 Å². The molecule has 1 fully saturated rings. The number of nitrogens with one attached hydrogen (secondary N) is 1. The third-order valence-electron chi connectivity index (χ3n) is 5.32. The minimum Gasteiger partial charge on any atom is -0.493 e. The van der Waals surface area contributed by atoms with E-state index in [2.05, 4.69) is 21.2 Å². The van der Waals surface area contributed by atoms with Crippen molar-refractivity contribution in [2.45, 2.75) is 19.0 Å². The SMILES string of the molecule is COc1ccc(Cn2c(=O)c3cc(Br)ccc3n(C3CCNC3)c2=O)cc1OC. The second kappa shape index (κ2) is 8.04. The third kappa shape index (κ3) is 3.58. The molecule has 0 amide bonds. The number of nitrogens with zero attached hydrogens (tertiary/aromatic N) is 2. The minimum absolute atomic E-state index is 0.0171. The summed E-state index contributed by atoms with van der Waals surface area (Å²) in [5, 5.41) is 3.82. The van der Waals surface area contributed by atoms with E-state index >= 15 is 0 Å². The molecule has 0 radical (unpaired) electrons. The first-order valence-electron chi connectivity index (χ1n) is 9.39. The van der Waals surface area contributed by atoms with E-state index in [9.17, 15) is 9.59 Å². The molecule has 1 unspecified atom stereocenters. The molecule has 8 heteroatoms. The van der Waals surface area contributed by atoms with E-state index in [1.165, 1.54) is 4.57 Å². The van der Waals surface area contributed by atoms with Gasteiger partial charge in [0.1, 0.15) is 0 Å². The summed E-state index contributed by atoms with van der Waals surface area (Å²) >= 11 is 3.44. The van der Waals surface area contributed by atoms with Gasteiger partial charge in [0.05, 0.1) is 37.7 Å². The van der Waals surface area contributed by atoms with Crippen LogP contribution in [0.25, 0.3) is 10.9 Å². The molecule has 2 heterocycles. The average Bonchev–Trinajstić information content (AvgIpc) is 3.26. The van der Waals surface area contributed by atoms with Crippen molar-refractivity contribution >= 4 is 26.8 Å². The van der Waals surface area contributed by atoms with Crippen molar-refractivity contribution in [3.05, 3.63) is 67.3 Å². The van der Waals surface area contributed by atoms with Crippen LogP contribution in [-0.2, 0) is 6.54 Å². The summed E-state index contributed by atoms with van der Waals surface area (Å²) in [5.74, 6) is 1.15. The first kappa shape index (κ1) is 19.7. The van der Waals surface area contributed by atoms with E-state index in [4.69, 9.17) is 9.47 Å². The van der Waals surface area contributed by atoms with Crippen LogP contribution in [0.3, 0.4) is 0 Å². The van der Waals surface area contributed by atoms with Gasteiger partial charge in [-0.25, -0.2) is 4.79 Å². The molecule has 1 atom stereocenters. The molecular weight excluding hydrogens is 438 g/mol. The van der Waals surface area contributed by atoms with Gasteiger partial charge in [-0.1, -0.05) is 22.0 Å². The van der Waals surface area contributed by atoms with E-state index < -0.39 is 0 Å². The lowest BCUT2D eigenvalue weighted by atomic mass is 10.1. The lowest BCUT2D eigenvalue weighted by Crippen LogP contribution is -2.42. The third-order valence-corrected chi connectivity index (χ3v) is 5.81. The quantitative estimate of drug-likeness (QED) is 0.634. The molecule has 1 aliphatic heterocycles. The van der Waals surface area contributed by atoms with E-state index in [0.717, 1.165) is 23.0 Å². The predicted octanol–water partition coefficient (Wildman–Crippen LogP) is 2.53. The molecule has 1 N–H and O–H groups in total. The van der Waals surface area contributed by atoms with Crippen LogP contribution in [0, 0.1) is 0 Å². The molecule has 7 nitrogen and oxygen atoms in total. The number of aromatic nitrogens is 2. The summed E-state index contributed by atoms with van der Waals surface area (Å²) in [4.78, 5) is 26.6. The molecule has 0 saturated carbocycles. The van der Waals surface area contributed by atoms with E-state index in [-0.39, 0.29) is 23.8 Å². The van der Waals surface area contributed by atoms with Crippen molar-refractivity contribution in [2.75, 3.05) is 27.3 Å². The molecule has 1 aliphatic rings. The fraction of sp³-hybridized carbons (Fsp3) is 0.333. The molecule has 0 bridgehead atoms. The number of ether oxygens (including phenoxy) is 2. The molecule has 1 saturated heterocycles. The number of hydrogen-bond donors (Lipinski definition) is 1. The predicted molar refractivity (Wildman–Crippen MR) is 115 cm³/mol. The van der Waals surface area contributed by atoms with Crippen molar-refractivity contribution in [3.63, 3.8) is 0 Å². The molecule has 1 aromatic heterocycles. The fourth-order valence-corrected chi connectivity index (χ4v) is 4.23. The van der Waals surface area contributed by atoms with Gasteiger partial charge in [-0.2, -0.15) is 0 Å². The largest absolute Gasteiger partial charge is 0.493 e. The van der Waals surface area contributed by atoms with Gasteiger partial charge in [0.15, 0.2) is 11.5 Å². The molecular formula is C21H22BrN3O4. The normalized spacial score (nSPS) is 16.3. The number of fused-ring (bicyclic) bond motifs is 1. The molecule has 29 heavy (non-hydrogen) atoms. The zero-order valence-electron chi connectivity index (χ0n) is 16.3. The number of benzene rings is 2. The van der Waals surface area contributed by atoms with Crippen LogP contribution < -0.4 is 26.0 Å². The monoisotopic (exact) mass is 459 g/mol. The van der Waals surface area contributed by atoms with Crippen LogP contribution in [0.1, 0.15) is 18.0 Å². The number of halogens is 1. The molecule has 152 valence electrons. The van der Waals surface area contributed by atoms with Gasteiger partial charge in [-0.15, -0.1) is 0 Å². The zero-order chi connectivity index (χ0) is 20.5. The Kier molecular flexibility index (Phi) is 5.47. The summed E-state index contributed by atoms with van der Waals surface area (Å²) in [6.45, 7) is 1.71. The van der Waals surface area contributed by atoms with Crippen LogP contribution in [0.2, 0.25) is 0 Å². The Morgan fingerprint density at radius 3 is 2.59 bits per heavy atom. The van der Waals surface area contributed by atoms with Gasteiger partial charge < -0.3 is 14.8 Å².